The Balaban J connectivity index is 2.81. The molecule has 0 radical (unpaired) electrons. The number of nitrogens with one attached hydrogen (secondary N) is 2. The number of carbonyl (C=O) groups excluding carboxylic acids is 1. The van der Waals surface area contributed by atoms with Gasteiger partial charge in [0.1, 0.15) is 0 Å². The molecule has 0 heterocycles. The third kappa shape index (κ3) is 3.68. The molecule has 0 aliphatic rings. The van der Waals surface area contributed by atoms with Crippen LogP contribution in [0.15, 0.2) is 16.6 Å². The molecular weight excluding hydrogens is 291 g/mol. The zero-order valence-electron chi connectivity index (χ0n) is 9.40. The van der Waals surface area contributed by atoms with E-state index in [1.807, 2.05) is 26.8 Å². The number of urea groups is 1. The van der Waals surface area contributed by atoms with Gasteiger partial charge in [0.05, 0.1) is 5.02 Å². The quantitative estimate of drug-likeness (QED) is 0.853. The average molecular weight is 306 g/mol. The highest BCUT2D eigenvalue weighted by Crippen LogP contribution is 2.28. The molecule has 0 atom stereocenters. The van der Waals surface area contributed by atoms with Crippen molar-refractivity contribution in [3.8, 4) is 0 Å². The lowest BCUT2D eigenvalue weighted by molar-refractivity contribution is 0.250. The summed E-state index contributed by atoms with van der Waals surface area (Å²) in [6.45, 7) is 5.72. The van der Waals surface area contributed by atoms with Crippen LogP contribution in [0.5, 0.6) is 0 Å². The van der Waals surface area contributed by atoms with Gasteiger partial charge >= 0.3 is 6.03 Å². The van der Waals surface area contributed by atoms with E-state index in [1.165, 1.54) is 0 Å². The average Bonchev–Trinajstić information content (AvgIpc) is 2.12. The van der Waals surface area contributed by atoms with Crippen LogP contribution in [0.25, 0.3) is 0 Å². The summed E-state index contributed by atoms with van der Waals surface area (Å²) in [6.07, 6.45) is 0. The number of benzene rings is 1. The largest absolute Gasteiger partial charge is 0.336 e. The Kier molecular flexibility index (Phi) is 4.62. The highest BCUT2D eigenvalue weighted by atomic mass is 79.9. The molecule has 0 saturated heterocycles. The molecule has 3 nitrogen and oxygen atoms in total. The van der Waals surface area contributed by atoms with Gasteiger partial charge in [0.2, 0.25) is 0 Å². The number of aryl methyl sites for hydroxylation is 1. The molecule has 0 fully saturated rings. The van der Waals surface area contributed by atoms with Crippen LogP contribution in [0.1, 0.15) is 19.4 Å². The van der Waals surface area contributed by atoms with Gasteiger partial charge in [0.15, 0.2) is 0 Å². The molecule has 0 unspecified atom stereocenters. The number of anilines is 1. The molecule has 88 valence electrons. The molecule has 0 aliphatic carbocycles. The molecular formula is C11H14BrClN2O. The number of hydrogen-bond acceptors (Lipinski definition) is 1. The van der Waals surface area contributed by atoms with Crippen LogP contribution in [-0.2, 0) is 0 Å². The van der Waals surface area contributed by atoms with Crippen LogP contribution in [0, 0.1) is 6.92 Å². The number of hydrogen-bond donors (Lipinski definition) is 2. The van der Waals surface area contributed by atoms with Gasteiger partial charge in [0.25, 0.3) is 0 Å². The molecule has 1 aromatic rings. The van der Waals surface area contributed by atoms with Gasteiger partial charge in [-0.3, -0.25) is 0 Å². The fraction of sp³-hybridized carbons (Fsp3) is 0.364. The monoisotopic (exact) mass is 304 g/mol. The molecule has 1 aromatic carbocycles. The van der Waals surface area contributed by atoms with Gasteiger partial charge in [0, 0.05) is 16.2 Å². The van der Waals surface area contributed by atoms with Crippen molar-refractivity contribution in [2.24, 2.45) is 0 Å². The van der Waals surface area contributed by atoms with Crippen LogP contribution >= 0.6 is 27.5 Å². The van der Waals surface area contributed by atoms with E-state index in [0.29, 0.717) is 10.7 Å². The molecule has 0 aliphatic heterocycles. The Morgan fingerprint density at radius 1 is 1.44 bits per heavy atom. The lowest BCUT2D eigenvalue weighted by atomic mass is 10.2. The van der Waals surface area contributed by atoms with E-state index in [-0.39, 0.29) is 12.1 Å². The van der Waals surface area contributed by atoms with Gasteiger partial charge in [-0.05, 0) is 54.4 Å². The third-order valence-electron chi connectivity index (χ3n) is 1.94. The number of halogens is 2. The van der Waals surface area contributed by atoms with Gasteiger partial charge in [-0.2, -0.15) is 0 Å². The smallest absolute Gasteiger partial charge is 0.319 e. The van der Waals surface area contributed by atoms with Gasteiger partial charge in [-0.25, -0.2) is 4.79 Å². The van der Waals surface area contributed by atoms with Crippen molar-refractivity contribution in [1.82, 2.24) is 5.32 Å². The molecule has 0 bridgehead atoms. The lowest BCUT2D eigenvalue weighted by Gasteiger charge is -2.12. The molecule has 0 saturated carbocycles. The zero-order chi connectivity index (χ0) is 12.3. The third-order valence-corrected chi connectivity index (χ3v) is 3.13. The first-order valence-corrected chi connectivity index (χ1v) is 6.10. The summed E-state index contributed by atoms with van der Waals surface area (Å²) in [5, 5.41) is 6.08. The first kappa shape index (κ1) is 13.3. The molecule has 0 spiro atoms. The maximum absolute atomic E-state index is 11.5. The van der Waals surface area contributed by atoms with E-state index in [1.54, 1.807) is 6.07 Å². The Morgan fingerprint density at radius 3 is 2.62 bits per heavy atom. The van der Waals surface area contributed by atoms with Crippen LogP contribution in [-0.4, -0.2) is 12.1 Å². The predicted octanol–water partition coefficient (Wildman–Crippen LogP) is 3.94. The predicted molar refractivity (Wildman–Crippen MR) is 71.2 cm³/mol. The topological polar surface area (TPSA) is 41.1 Å². The Morgan fingerprint density at radius 2 is 2.06 bits per heavy atom. The van der Waals surface area contributed by atoms with Crippen molar-refractivity contribution >= 4 is 39.2 Å². The maximum Gasteiger partial charge on any atom is 0.319 e. The van der Waals surface area contributed by atoms with E-state index in [9.17, 15) is 4.79 Å². The zero-order valence-corrected chi connectivity index (χ0v) is 11.7. The van der Waals surface area contributed by atoms with Gasteiger partial charge in [-0.1, -0.05) is 11.6 Å². The fourth-order valence-corrected chi connectivity index (χ4v) is 1.82. The van der Waals surface area contributed by atoms with E-state index in [2.05, 4.69) is 26.6 Å². The second kappa shape index (κ2) is 5.55. The SMILES string of the molecule is Cc1cc(Br)c(Cl)cc1NC(=O)NC(C)C. The van der Waals surface area contributed by atoms with E-state index in [4.69, 9.17) is 11.6 Å². The number of amides is 2. The van der Waals surface area contributed by atoms with Crippen LogP contribution < -0.4 is 10.6 Å². The van der Waals surface area contributed by atoms with Gasteiger partial charge < -0.3 is 10.6 Å². The standard InChI is InChI=1S/C11H14BrClN2O/c1-6(2)14-11(16)15-10-5-9(13)8(12)4-7(10)3/h4-6H,1-3H3,(H2,14,15,16). The first-order valence-electron chi connectivity index (χ1n) is 4.93. The number of rotatable bonds is 2. The molecule has 2 N–H and O–H groups in total. The summed E-state index contributed by atoms with van der Waals surface area (Å²) in [5.74, 6) is 0. The summed E-state index contributed by atoms with van der Waals surface area (Å²) in [4.78, 5) is 11.5. The Labute approximate surface area is 109 Å². The normalized spacial score (nSPS) is 10.4. The summed E-state index contributed by atoms with van der Waals surface area (Å²) in [5.41, 5.74) is 1.67. The molecule has 1 rings (SSSR count). The van der Waals surface area contributed by atoms with Crippen molar-refractivity contribution in [2.45, 2.75) is 26.8 Å². The molecule has 2 amide bonds. The minimum Gasteiger partial charge on any atom is -0.336 e. The summed E-state index contributed by atoms with van der Waals surface area (Å²) in [6, 6.07) is 3.47. The highest BCUT2D eigenvalue weighted by Gasteiger charge is 2.08. The van der Waals surface area contributed by atoms with Crippen molar-refractivity contribution < 1.29 is 4.79 Å². The molecule has 5 heteroatoms. The first-order chi connectivity index (χ1) is 7.40. The molecule has 16 heavy (non-hydrogen) atoms. The Hall–Kier alpha value is -0.740. The van der Waals surface area contributed by atoms with Gasteiger partial charge in [-0.15, -0.1) is 0 Å². The number of carbonyl (C=O) groups is 1. The van der Waals surface area contributed by atoms with Crippen LogP contribution in [0.2, 0.25) is 5.02 Å². The minimum atomic E-state index is -0.225. The maximum atomic E-state index is 11.5. The summed E-state index contributed by atoms with van der Waals surface area (Å²) < 4.78 is 0.821. The van der Waals surface area contributed by atoms with E-state index < -0.39 is 0 Å². The summed E-state index contributed by atoms with van der Waals surface area (Å²) in [7, 11) is 0. The van der Waals surface area contributed by atoms with Crippen molar-refractivity contribution in [3.63, 3.8) is 0 Å². The van der Waals surface area contributed by atoms with Crippen molar-refractivity contribution in [3.05, 3.63) is 27.2 Å². The fourth-order valence-electron chi connectivity index (χ4n) is 1.20. The molecule has 0 aromatic heterocycles. The van der Waals surface area contributed by atoms with Crippen LogP contribution in [0.3, 0.4) is 0 Å². The van der Waals surface area contributed by atoms with E-state index in [0.717, 1.165) is 10.0 Å². The lowest BCUT2D eigenvalue weighted by Crippen LogP contribution is -2.34. The van der Waals surface area contributed by atoms with Crippen molar-refractivity contribution in [2.75, 3.05) is 5.32 Å². The minimum absolute atomic E-state index is 0.103. The van der Waals surface area contributed by atoms with Crippen molar-refractivity contribution in [1.29, 1.82) is 0 Å². The Bertz CT molecular complexity index is 407. The second-order valence-electron chi connectivity index (χ2n) is 3.83. The highest BCUT2D eigenvalue weighted by molar-refractivity contribution is 9.10. The summed E-state index contributed by atoms with van der Waals surface area (Å²) >= 11 is 9.28. The van der Waals surface area contributed by atoms with Crippen LogP contribution in [0.4, 0.5) is 10.5 Å². The van der Waals surface area contributed by atoms with E-state index >= 15 is 0 Å². The second-order valence-corrected chi connectivity index (χ2v) is 5.10.